The van der Waals surface area contributed by atoms with Crippen molar-refractivity contribution in [3.8, 4) is 11.5 Å². The summed E-state index contributed by atoms with van der Waals surface area (Å²) in [4.78, 5) is 24.1. The zero-order valence-corrected chi connectivity index (χ0v) is 18.9. The fourth-order valence-electron chi connectivity index (χ4n) is 4.33. The Hall–Kier alpha value is -2.12. The summed E-state index contributed by atoms with van der Waals surface area (Å²) in [5.41, 5.74) is 2.11. The maximum absolute atomic E-state index is 12.9. The SMILES string of the molecule is Cc1noc(-c2ccc(N3CCC(C(=O)N4CCN(C(C)C)CC4)CC3)cc2)n1.Cl. The zero-order valence-electron chi connectivity index (χ0n) is 18.1. The summed E-state index contributed by atoms with van der Waals surface area (Å²) in [6, 6.07) is 8.80. The van der Waals surface area contributed by atoms with E-state index in [9.17, 15) is 4.79 Å². The number of amides is 1. The van der Waals surface area contributed by atoms with E-state index < -0.39 is 0 Å². The smallest absolute Gasteiger partial charge is 0.257 e. The van der Waals surface area contributed by atoms with Crippen LogP contribution in [0, 0.1) is 12.8 Å². The lowest BCUT2D eigenvalue weighted by molar-refractivity contribution is -0.138. The van der Waals surface area contributed by atoms with Gasteiger partial charge in [0.1, 0.15) is 0 Å². The van der Waals surface area contributed by atoms with Gasteiger partial charge in [0, 0.05) is 62.5 Å². The van der Waals surface area contributed by atoms with Crippen LogP contribution < -0.4 is 4.90 Å². The van der Waals surface area contributed by atoms with E-state index >= 15 is 0 Å². The number of piperazine rings is 1. The summed E-state index contributed by atoms with van der Waals surface area (Å²) in [7, 11) is 0. The van der Waals surface area contributed by atoms with Crippen LogP contribution in [0.5, 0.6) is 0 Å². The molecule has 0 atom stereocenters. The molecule has 1 aromatic heterocycles. The van der Waals surface area contributed by atoms with Gasteiger partial charge < -0.3 is 14.3 Å². The van der Waals surface area contributed by atoms with Crippen molar-refractivity contribution in [3.63, 3.8) is 0 Å². The Bertz CT molecular complexity index is 822. The van der Waals surface area contributed by atoms with Gasteiger partial charge in [-0.15, -0.1) is 12.4 Å². The van der Waals surface area contributed by atoms with Crippen LogP contribution in [-0.4, -0.2) is 71.2 Å². The van der Waals surface area contributed by atoms with E-state index in [4.69, 9.17) is 4.52 Å². The van der Waals surface area contributed by atoms with Crippen LogP contribution in [0.25, 0.3) is 11.5 Å². The monoisotopic (exact) mass is 433 g/mol. The number of aromatic nitrogens is 2. The topological polar surface area (TPSA) is 65.7 Å². The fraction of sp³-hybridized carbons (Fsp3) is 0.591. The van der Waals surface area contributed by atoms with E-state index in [1.54, 1.807) is 0 Å². The lowest BCUT2D eigenvalue weighted by Gasteiger charge is -2.40. The van der Waals surface area contributed by atoms with Crippen molar-refractivity contribution < 1.29 is 9.32 Å². The van der Waals surface area contributed by atoms with Gasteiger partial charge in [-0.1, -0.05) is 5.16 Å². The molecule has 1 aromatic carbocycles. The normalized spacial score (nSPS) is 18.5. The minimum Gasteiger partial charge on any atom is -0.371 e. The molecule has 2 aliphatic rings. The highest BCUT2D eigenvalue weighted by Gasteiger charge is 2.30. The number of aryl methyl sites for hydroxylation is 1. The average molecular weight is 434 g/mol. The van der Waals surface area contributed by atoms with E-state index in [2.05, 4.69) is 50.8 Å². The Morgan fingerprint density at radius 1 is 1.03 bits per heavy atom. The summed E-state index contributed by atoms with van der Waals surface area (Å²) < 4.78 is 5.23. The third-order valence-corrected chi connectivity index (χ3v) is 6.21. The number of anilines is 1. The van der Waals surface area contributed by atoms with Crippen LogP contribution in [0.2, 0.25) is 0 Å². The van der Waals surface area contributed by atoms with Crippen molar-refractivity contribution in [2.45, 2.75) is 39.7 Å². The largest absolute Gasteiger partial charge is 0.371 e. The molecular formula is C22H32ClN5O2. The summed E-state index contributed by atoms with van der Waals surface area (Å²) >= 11 is 0. The van der Waals surface area contributed by atoms with Crippen molar-refractivity contribution in [2.24, 2.45) is 5.92 Å². The molecule has 2 aromatic rings. The Balaban J connectivity index is 0.00000256. The molecule has 30 heavy (non-hydrogen) atoms. The van der Waals surface area contributed by atoms with Gasteiger partial charge in [0.2, 0.25) is 5.91 Å². The highest BCUT2D eigenvalue weighted by Crippen LogP contribution is 2.27. The lowest BCUT2D eigenvalue weighted by Crippen LogP contribution is -2.53. The van der Waals surface area contributed by atoms with Crippen LogP contribution in [0.4, 0.5) is 5.69 Å². The van der Waals surface area contributed by atoms with E-state index in [-0.39, 0.29) is 18.3 Å². The molecule has 164 valence electrons. The van der Waals surface area contributed by atoms with Crippen LogP contribution in [0.1, 0.15) is 32.5 Å². The molecule has 8 heteroatoms. The second kappa shape index (κ2) is 9.79. The summed E-state index contributed by atoms with van der Waals surface area (Å²) in [6.07, 6.45) is 1.85. The minimum absolute atomic E-state index is 0. The molecule has 2 aliphatic heterocycles. The van der Waals surface area contributed by atoms with Crippen molar-refractivity contribution in [1.29, 1.82) is 0 Å². The van der Waals surface area contributed by atoms with E-state index in [0.717, 1.165) is 57.7 Å². The highest BCUT2D eigenvalue weighted by molar-refractivity contribution is 5.85. The maximum atomic E-state index is 12.9. The van der Waals surface area contributed by atoms with Gasteiger partial charge in [-0.05, 0) is 57.9 Å². The number of rotatable bonds is 4. The highest BCUT2D eigenvalue weighted by atomic mass is 35.5. The summed E-state index contributed by atoms with van der Waals surface area (Å²) in [5.74, 6) is 1.71. The number of benzene rings is 1. The first-order valence-electron chi connectivity index (χ1n) is 10.7. The molecule has 7 nitrogen and oxygen atoms in total. The molecule has 1 amide bonds. The first-order valence-corrected chi connectivity index (χ1v) is 10.7. The third kappa shape index (κ3) is 4.95. The van der Waals surface area contributed by atoms with Gasteiger partial charge in [-0.25, -0.2) is 0 Å². The van der Waals surface area contributed by atoms with Crippen LogP contribution >= 0.6 is 12.4 Å². The molecule has 0 saturated carbocycles. The molecule has 3 heterocycles. The van der Waals surface area contributed by atoms with Gasteiger partial charge in [-0.3, -0.25) is 9.69 Å². The van der Waals surface area contributed by atoms with Gasteiger partial charge in [0.15, 0.2) is 5.82 Å². The lowest BCUT2D eigenvalue weighted by atomic mass is 9.94. The number of hydrogen-bond acceptors (Lipinski definition) is 6. The first kappa shape index (κ1) is 22.6. The predicted octanol–water partition coefficient (Wildman–Crippen LogP) is 3.24. The maximum Gasteiger partial charge on any atom is 0.257 e. The first-order chi connectivity index (χ1) is 14.0. The molecule has 2 saturated heterocycles. The summed E-state index contributed by atoms with van der Waals surface area (Å²) in [5, 5.41) is 3.85. The number of piperidine rings is 1. The minimum atomic E-state index is 0. The zero-order chi connectivity index (χ0) is 20.4. The standard InChI is InChI=1S/C22H31N5O2.ClH/c1-16(2)25-12-14-27(15-13-25)22(28)19-8-10-26(11-9-19)20-6-4-18(5-7-20)21-23-17(3)24-29-21;/h4-7,16,19H,8-15H2,1-3H3;1H. The van der Waals surface area contributed by atoms with Crippen LogP contribution in [0.3, 0.4) is 0 Å². The van der Waals surface area contributed by atoms with Crippen LogP contribution in [0.15, 0.2) is 28.8 Å². The molecule has 4 rings (SSSR count). The van der Waals surface area contributed by atoms with Crippen molar-refractivity contribution >= 4 is 24.0 Å². The molecule has 0 bridgehead atoms. The van der Waals surface area contributed by atoms with Gasteiger partial charge in [0.05, 0.1) is 0 Å². The van der Waals surface area contributed by atoms with Crippen molar-refractivity contribution in [3.05, 3.63) is 30.1 Å². The second-order valence-electron chi connectivity index (χ2n) is 8.41. The quantitative estimate of drug-likeness (QED) is 0.737. The summed E-state index contributed by atoms with van der Waals surface area (Å²) in [6.45, 7) is 11.8. The number of hydrogen-bond donors (Lipinski definition) is 0. The average Bonchev–Trinajstić information content (AvgIpc) is 3.20. The Kier molecular flexibility index (Phi) is 7.36. The molecule has 0 unspecified atom stereocenters. The Morgan fingerprint density at radius 2 is 1.67 bits per heavy atom. The number of carbonyl (C=O) groups is 1. The van der Waals surface area contributed by atoms with Gasteiger partial charge in [0.25, 0.3) is 5.89 Å². The predicted molar refractivity (Wildman–Crippen MR) is 120 cm³/mol. The molecule has 0 aliphatic carbocycles. The number of carbonyl (C=O) groups excluding carboxylic acids is 1. The fourth-order valence-corrected chi connectivity index (χ4v) is 4.33. The van der Waals surface area contributed by atoms with E-state index in [1.807, 2.05) is 19.1 Å². The second-order valence-corrected chi connectivity index (χ2v) is 8.41. The van der Waals surface area contributed by atoms with Gasteiger partial charge in [-0.2, -0.15) is 4.98 Å². The third-order valence-electron chi connectivity index (χ3n) is 6.21. The molecular weight excluding hydrogens is 402 g/mol. The Morgan fingerprint density at radius 3 is 2.20 bits per heavy atom. The molecule has 0 radical (unpaired) electrons. The van der Waals surface area contributed by atoms with Gasteiger partial charge >= 0.3 is 0 Å². The number of halogens is 1. The van der Waals surface area contributed by atoms with Crippen molar-refractivity contribution in [2.75, 3.05) is 44.2 Å². The number of nitrogens with zero attached hydrogens (tertiary/aromatic N) is 5. The van der Waals surface area contributed by atoms with E-state index in [0.29, 0.717) is 23.7 Å². The molecule has 0 spiro atoms. The Labute approximate surface area is 184 Å². The van der Waals surface area contributed by atoms with Crippen LogP contribution in [-0.2, 0) is 4.79 Å². The van der Waals surface area contributed by atoms with Crippen molar-refractivity contribution in [1.82, 2.24) is 19.9 Å². The molecule has 2 fully saturated rings. The molecule has 0 N–H and O–H groups in total. The van der Waals surface area contributed by atoms with E-state index in [1.165, 1.54) is 5.69 Å².